The molecule has 0 aromatic carbocycles. The molecule has 0 aliphatic carbocycles. The van der Waals surface area contributed by atoms with E-state index in [1.807, 2.05) is 0 Å². The van der Waals surface area contributed by atoms with Crippen molar-refractivity contribution >= 4 is 17.5 Å². The van der Waals surface area contributed by atoms with E-state index in [1.165, 1.54) is 0 Å². The lowest BCUT2D eigenvalue weighted by Crippen LogP contribution is -2.50. The third kappa shape index (κ3) is 2.37. The fourth-order valence-electron chi connectivity index (χ4n) is 1.57. The number of nitrogens with zero attached hydrogens (tertiary/aromatic N) is 3. The summed E-state index contributed by atoms with van der Waals surface area (Å²) >= 11 is 5.73. The van der Waals surface area contributed by atoms with Gasteiger partial charge in [0.05, 0.1) is 36.7 Å². The van der Waals surface area contributed by atoms with Gasteiger partial charge < -0.3 is 15.4 Å². The molecule has 6 heteroatoms. The van der Waals surface area contributed by atoms with Crippen LogP contribution in [-0.4, -0.2) is 42.3 Å². The molecule has 1 aromatic rings. The van der Waals surface area contributed by atoms with E-state index in [2.05, 4.69) is 14.9 Å². The van der Waals surface area contributed by atoms with Crippen LogP contribution in [0.2, 0.25) is 5.02 Å². The number of aromatic nitrogens is 2. The topological polar surface area (TPSA) is 64.3 Å². The molecule has 1 fully saturated rings. The van der Waals surface area contributed by atoms with Crippen molar-refractivity contribution in [2.24, 2.45) is 5.73 Å². The zero-order valence-corrected chi connectivity index (χ0v) is 9.02. The molecule has 0 radical (unpaired) electrons. The van der Waals surface area contributed by atoms with Crippen LogP contribution in [0, 0.1) is 0 Å². The predicted octanol–water partition coefficient (Wildman–Crippen LogP) is 0.294. The van der Waals surface area contributed by atoms with Gasteiger partial charge in [0.25, 0.3) is 0 Å². The van der Waals surface area contributed by atoms with E-state index in [4.69, 9.17) is 22.1 Å². The van der Waals surface area contributed by atoms with Crippen LogP contribution in [0.15, 0.2) is 12.4 Å². The van der Waals surface area contributed by atoms with E-state index < -0.39 is 0 Å². The summed E-state index contributed by atoms with van der Waals surface area (Å²) in [6.07, 6.45) is 3.18. The van der Waals surface area contributed by atoms with Crippen molar-refractivity contribution in [3.63, 3.8) is 0 Å². The van der Waals surface area contributed by atoms with E-state index in [0.29, 0.717) is 30.7 Å². The number of morpholine rings is 1. The minimum absolute atomic E-state index is 0.153. The fourth-order valence-corrected chi connectivity index (χ4v) is 1.66. The molecule has 1 aliphatic rings. The lowest BCUT2D eigenvalue weighted by molar-refractivity contribution is 0.0954. The maximum absolute atomic E-state index is 5.73. The molecule has 1 unspecified atom stereocenters. The van der Waals surface area contributed by atoms with Crippen molar-refractivity contribution in [3.05, 3.63) is 17.4 Å². The SMILES string of the molecule is NCC1COCCN1c1ncc(Cl)cn1. The number of ether oxygens (including phenoxy) is 1. The summed E-state index contributed by atoms with van der Waals surface area (Å²) in [5.74, 6) is 0.665. The molecule has 1 aromatic heterocycles. The van der Waals surface area contributed by atoms with Gasteiger partial charge in [0, 0.05) is 13.1 Å². The summed E-state index contributed by atoms with van der Waals surface area (Å²) in [6.45, 7) is 2.61. The average molecular weight is 229 g/mol. The molecule has 2 N–H and O–H groups in total. The third-order valence-electron chi connectivity index (χ3n) is 2.36. The summed E-state index contributed by atoms with van der Waals surface area (Å²) in [6, 6.07) is 0.153. The Labute approximate surface area is 93.2 Å². The van der Waals surface area contributed by atoms with Crippen molar-refractivity contribution < 1.29 is 4.74 Å². The molecule has 15 heavy (non-hydrogen) atoms. The second-order valence-electron chi connectivity index (χ2n) is 3.36. The van der Waals surface area contributed by atoms with Crippen LogP contribution in [0.3, 0.4) is 0 Å². The van der Waals surface area contributed by atoms with Crippen LogP contribution >= 0.6 is 11.6 Å². The molecule has 5 nitrogen and oxygen atoms in total. The van der Waals surface area contributed by atoms with Gasteiger partial charge in [0.1, 0.15) is 0 Å². The van der Waals surface area contributed by atoms with Crippen LogP contribution in [0.4, 0.5) is 5.95 Å². The highest BCUT2D eigenvalue weighted by atomic mass is 35.5. The Morgan fingerprint density at radius 1 is 1.53 bits per heavy atom. The van der Waals surface area contributed by atoms with Crippen molar-refractivity contribution in [3.8, 4) is 0 Å². The first-order valence-electron chi connectivity index (χ1n) is 4.83. The highest BCUT2D eigenvalue weighted by molar-refractivity contribution is 6.30. The van der Waals surface area contributed by atoms with E-state index in [-0.39, 0.29) is 6.04 Å². The number of hydrogen-bond donors (Lipinski definition) is 1. The number of nitrogens with two attached hydrogens (primary N) is 1. The molecule has 0 spiro atoms. The maximum atomic E-state index is 5.73. The molecule has 1 atom stereocenters. The Morgan fingerprint density at radius 2 is 2.27 bits per heavy atom. The van der Waals surface area contributed by atoms with Gasteiger partial charge in [0.2, 0.25) is 5.95 Å². The Kier molecular flexibility index (Phi) is 3.35. The van der Waals surface area contributed by atoms with Crippen molar-refractivity contribution in [2.75, 3.05) is 31.2 Å². The number of rotatable bonds is 2. The number of halogens is 1. The fraction of sp³-hybridized carbons (Fsp3) is 0.556. The Hall–Kier alpha value is -0.910. The second-order valence-corrected chi connectivity index (χ2v) is 3.80. The van der Waals surface area contributed by atoms with E-state index in [1.54, 1.807) is 12.4 Å². The third-order valence-corrected chi connectivity index (χ3v) is 2.56. The summed E-state index contributed by atoms with van der Waals surface area (Å²) in [5.41, 5.74) is 5.66. The minimum Gasteiger partial charge on any atom is -0.377 e. The van der Waals surface area contributed by atoms with Crippen molar-refractivity contribution in [2.45, 2.75) is 6.04 Å². The first kappa shape index (κ1) is 10.6. The molecule has 1 saturated heterocycles. The molecule has 2 heterocycles. The molecule has 0 bridgehead atoms. The Bertz CT molecular complexity index is 318. The van der Waals surface area contributed by atoms with Gasteiger partial charge in [-0.25, -0.2) is 9.97 Å². The molecular weight excluding hydrogens is 216 g/mol. The van der Waals surface area contributed by atoms with E-state index >= 15 is 0 Å². The number of anilines is 1. The minimum atomic E-state index is 0.153. The van der Waals surface area contributed by atoms with Crippen LogP contribution < -0.4 is 10.6 Å². The van der Waals surface area contributed by atoms with Gasteiger partial charge in [-0.05, 0) is 0 Å². The van der Waals surface area contributed by atoms with Gasteiger partial charge in [-0.15, -0.1) is 0 Å². The van der Waals surface area contributed by atoms with Gasteiger partial charge >= 0.3 is 0 Å². The summed E-state index contributed by atoms with van der Waals surface area (Å²) in [7, 11) is 0. The molecule has 2 rings (SSSR count). The molecule has 82 valence electrons. The van der Waals surface area contributed by atoms with Gasteiger partial charge in [-0.2, -0.15) is 0 Å². The second kappa shape index (κ2) is 4.74. The van der Waals surface area contributed by atoms with E-state index in [0.717, 1.165) is 6.54 Å². The van der Waals surface area contributed by atoms with E-state index in [9.17, 15) is 0 Å². The summed E-state index contributed by atoms with van der Waals surface area (Å²) < 4.78 is 5.35. The first-order chi connectivity index (χ1) is 7.31. The smallest absolute Gasteiger partial charge is 0.225 e. The molecular formula is C9H13ClN4O. The first-order valence-corrected chi connectivity index (χ1v) is 5.21. The van der Waals surface area contributed by atoms with Crippen LogP contribution in [0.5, 0.6) is 0 Å². The predicted molar refractivity (Wildman–Crippen MR) is 58.0 cm³/mol. The van der Waals surface area contributed by atoms with Crippen LogP contribution in [0.1, 0.15) is 0 Å². The standard InChI is InChI=1S/C9H13ClN4O/c10-7-4-12-9(13-5-7)14-1-2-15-6-8(14)3-11/h4-5,8H,1-3,6,11H2. The van der Waals surface area contributed by atoms with Gasteiger partial charge in [-0.3, -0.25) is 0 Å². The highest BCUT2D eigenvalue weighted by Gasteiger charge is 2.23. The average Bonchev–Trinajstić information content (AvgIpc) is 2.30. The summed E-state index contributed by atoms with van der Waals surface area (Å²) in [5, 5.41) is 0.538. The maximum Gasteiger partial charge on any atom is 0.225 e. The Morgan fingerprint density at radius 3 is 2.93 bits per heavy atom. The molecule has 0 saturated carbocycles. The normalized spacial score (nSPS) is 21.7. The van der Waals surface area contributed by atoms with Crippen molar-refractivity contribution in [1.82, 2.24) is 9.97 Å². The zero-order valence-electron chi connectivity index (χ0n) is 8.27. The monoisotopic (exact) mass is 228 g/mol. The van der Waals surface area contributed by atoms with Crippen LogP contribution in [-0.2, 0) is 4.74 Å². The molecule has 0 amide bonds. The van der Waals surface area contributed by atoms with Gasteiger partial charge in [0.15, 0.2) is 0 Å². The van der Waals surface area contributed by atoms with Crippen molar-refractivity contribution in [1.29, 1.82) is 0 Å². The lowest BCUT2D eigenvalue weighted by Gasteiger charge is -2.34. The summed E-state index contributed by atoms with van der Waals surface area (Å²) in [4.78, 5) is 10.4. The van der Waals surface area contributed by atoms with Gasteiger partial charge in [-0.1, -0.05) is 11.6 Å². The molecule has 1 aliphatic heterocycles. The van der Waals surface area contributed by atoms with Crippen LogP contribution in [0.25, 0.3) is 0 Å². The zero-order chi connectivity index (χ0) is 10.7. The largest absolute Gasteiger partial charge is 0.377 e. The highest BCUT2D eigenvalue weighted by Crippen LogP contribution is 2.15. The lowest BCUT2D eigenvalue weighted by atomic mass is 10.2. The quantitative estimate of drug-likeness (QED) is 0.789. The Balaban J connectivity index is 2.16. The number of hydrogen-bond acceptors (Lipinski definition) is 5.